The second kappa shape index (κ2) is 11.7. The maximum absolute atomic E-state index is 13.9. The van der Waals surface area contributed by atoms with E-state index in [0.717, 1.165) is 31.2 Å². The predicted octanol–water partition coefficient (Wildman–Crippen LogP) is 4.64. The Hall–Kier alpha value is -2.13. The zero-order chi connectivity index (χ0) is 21.2. The predicted molar refractivity (Wildman–Crippen MR) is 108 cm³/mol. The third kappa shape index (κ3) is 5.93. The van der Waals surface area contributed by atoms with Crippen LogP contribution in [0.25, 0.3) is 0 Å². The molecular weight excluding hydrogens is 383 g/mol. The Morgan fingerprint density at radius 1 is 1.25 bits per heavy atom. The highest BCUT2D eigenvalue weighted by atomic mass is 32.2. The van der Waals surface area contributed by atoms with Crippen LogP contribution in [0.4, 0.5) is 14.0 Å². The van der Waals surface area contributed by atoms with Crippen molar-refractivity contribution >= 4 is 30.0 Å². The summed E-state index contributed by atoms with van der Waals surface area (Å²) in [7, 11) is 1.25. The topological polar surface area (TPSA) is 91.3 Å². The number of nitrogens with zero attached hydrogens (tertiary/aromatic N) is 1. The van der Waals surface area contributed by atoms with Crippen molar-refractivity contribution in [3.63, 3.8) is 0 Å². The van der Waals surface area contributed by atoms with Crippen molar-refractivity contribution in [1.29, 1.82) is 5.41 Å². The molecule has 0 aliphatic rings. The van der Waals surface area contributed by atoms with Crippen molar-refractivity contribution in [2.45, 2.75) is 57.4 Å². The number of methoxy groups -OCH3 is 1. The Morgan fingerprint density at radius 3 is 2.50 bits per heavy atom. The van der Waals surface area contributed by atoms with Crippen molar-refractivity contribution in [2.24, 2.45) is 0 Å². The minimum atomic E-state index is -0.958. The van der Waals surface area contributed by atoms with Gasteiger partial charge in [-0.2, -0.15) is 0 Å². The molecule has 0 bridgehead atoms. The number of carbonyl (C=O) groups is 2. The van der Waals surface area contributed by atoms with Crippen LogP contribution in [0.3, 0.4) is 0 Å². The average molecular weight is 414 g/mol. The molecule has 7 nitrogen and oxygen atoms in total. The Labute approximate surface area is 170 Å². The lowest BCUT2D eigenvalue weighted by atomic mass is 10.2. The molecule has 2 unspecified atom stereocenters. The molecule has 3 N–H and O–H groups in total. The molecule has 4 amide bonds. The summed E-state index contributed by atoms with van der Waals surface area (Å²) in [5.41, 5.74) is 0. The van der Waals surface area contributed by atoms with Crippen molar-refractivity contribution in [2.75, 3.05) is 13.7 Å². The molecule has 1 aromatic rings. The maximum atomic E-state index is 13.9. The van der Waals surface area contributed by atoms with Crippen molar-refractivity contribution in [3.8, 4) is 0 Å². The third-order valence-corrected chi connectivity index (χ3v) is 5.08. The molecule has 0 radical (unpaired) electrons. The van der Waals surface area contributed by atoms with Gasteiger partial charge >= 0.3 is 18.1 Å². The van der Waals surface area contributed by atoms with Crippen molar-refractivity contribution < 1.29 is 23.2 Å². The zero-order valence-corrected chi connectivity index (χ0v) is 17.7. The number of ether oxygens (including phenoxy) is 1. The van der Waals surface area contributed by atoms with Gasteiger partial charge in [0, 0.05) is 6.04 Å². The third-order valence-electron chi connectivity index (χ3n) is 4.26. The maximum Gasteiger partial charge on any atom is 0.445 e. The van der Waals surface area contributed by atoms with Crippen LogP contribution in [0.2, 0.25) is 0 Å². The van der Waals surface area contributed by atoms with Crippen LogP contribution in [-0.2, 0) is 4.74 Å². The van der Waals surface area contributed by atoms with E-state index in [4.69, 9.17) is 10.1 Å². The number of carbonyl (C=O) groups excluding carboxylic acids is 2. The van der Waals surface area contributed by atoms with E-state index in [1.807, 2.05) is 20.8 Å². The SMILES string of the molecule is CCCC[N+](C(=N)OC)(C(=O)NSc1ccccc1F)C(=O)NC(C)CCC. The lowest BCUT2D eigenvalue weighted by Crippen LogP contribution is -2.67. The highest BCUT2D eigenvalue weighted by Gasteiger charge is 2.51. The van der Waals surface area contributed by atoms with Gasteiger partial charge in [0.25, 0.3) is 0 Å². The molecule has 0 fully saturated rings. The molecule has 0 spiro atoms. The van der Waals surface area contributed by atoms with Crippen LogP contribution in [0.15, 0.2) is 29.2 Å². The summed E-state index contributed by atoms with van der Waals surface area (Å²) in [4.78, 5) is 26.4. The number of amidine groups is 1. The molecule has 1 aromatic carbocycles. The highest BCUT2D eigenvalue weighted by molar-refractivity contribution is 7.98. The van der Waals surface area contributed by atoms with Gasteiger partial charge in [0.2, 0.25) is 0 Å². The molecular formula is C19H30FN4O3S+. The van der Waals surface area contributed by atoms with Crippen LogP contribution in [-0.4, -0.2) is 42.3 Å². The van der Waals surface area contributed by atoms with E-state index in [0.29, 0.717) is 6.42 Å². The number of rotatable bonds is 8. The molecule has 9 heteroatoms. The lowest BCUT2D eigenvalue weighted by molar-refractivity contribution is -0.684. The van der Waals surface area contributed by atoms with Gasteiger partial charge in [-0.1, -0.05) is 43.3 Å². The minimum Gasteiger partial charge on any atom is -0.439 e. The first-order valence-corrected chi connectivity index (χ1v) is 10.2. The number of halogens is 1. The fourth-order valence-corrected chi connectivity index (χ4v) is 3.33. The van der Waals surface area contributed by atoms with Gasteiger partial charge in [-0.25, -0.2) is 24.1 Å². The number of quaternary nitrogens is 1. The Balaban J connectivity index is 3.14. The molecule has 0 aliphatic heterocycles. The number of amides is 4. The van der Waals surface area contributed by atoms with Crippen molar-refractivity contribution in [1.82, 2.24) is 10.0 Å². The number of nitrogens with one attached hydrogen (secondary N) is 3. The number of unbranched alkanes of at least 4 members (excludes halogenated alkanes) is 1. The van der Waals surface area contributed by atoms with Crippen LogP contribution in [0.1, 0.15) is 46.5 Å². The van der Waals surface area contributed by atoms with Crippen molar-refractivity contribution in [3.05, 3.63) is 30.1 Å². The molecule has 28 heavy (non-hydrogen) atoms. The monoisotopic (exact) mass is 413 g/mol. The number of hydrogen-bond acceptors (Lipinski definition) is 5. The van der Waals surface area contributed by atoms with Crippen LogP contribution in [0.5, 0.6) is 0 Å². The molecule has 2 atom stereocenters. The number of benzene rings is 1. The van der Waals surface area contributed by atoms with Crippen LogP contribution < -0.4 is 10.0 Å². The van der Waals surface area contributed by atoms with Gasteiger partial charge in [-0.15, -0.1) is 0 Å². The molecule has 1 rings (SSSR count). The molecule has 0 heterocycles. The quantitative estimate of drug-likeness (QED) is 0.251. The first-order chi connectivity index (χ1) is 13.3. The van der Waals surface area contributed by atoms with Gasteiger partial charge in [0.05, 0.1) is 12.0 Å². The second-order valence-corrected chi connectivity index (χ2v) is 7.32. The van der Waals surface area contributed by atoms with Crippen LogP contribution >= 0.6 is 11.9 Å². The van der Waals surface area contributed by atoms with Gasteiger partial charge < -0.3 is 10.1 Å². The Bertz CT molecular complexity index is 689. The van der Waals surface area contributed by atoms with Gasteiger partial charge in [-0.05, 0) is 43.8 Å². The average Bonchev–Trinajstić information content (AvgIpc) is 2.67. The van der Waals surface area contributed by atoms with E-state index < -0.39 is 28.4 Å². The smallest absolute Gasteiger partial charge is 0.439 e. The fraction of sp³-hybridized carbons (Fsp3) is 0.526. The summed E-state index contributed by atoms with van der Waals surface area (Å²) in [5.74, 6) is -0.484. The minimum absolute atomic E-state index is 0.0670. The lowest BCUT2D eigenvalue weighted by Gasteiger charge is -2.31. The largest absolute Gasteiger partial charge is 0.445 e. The fourth-order valence-electron chi connectivity index (χ4n) is 2.66. The summed E-state index contributed by atoms with van der Waals surface area (Å²) in [5, 5.41) is 11.0. The highest BCUT2D eigenvalue weighted by Crippen LogP contribution is 2.21. The zero-order valence-electron chi connectivity index (χ0n) is 16.9. The van der Waals surface area contributed by atoms with Gasteiger partial charge in [0.1, 0.15) is 12.4 Å². The molecule has 0 aliphatic carbocycles. The molecule has 0 aromatic heterocycles. The second-order valence-electron chi connectivity index (χ2n) is 6.48. The van der Waals surface area contributed by atoms with E-state index in [1.54, 1.807) is 12.1 Å². The molecule has 0 saturated heterocycles. The molecule has 156 valence electrons. The number of hydrogen-bond donors (Lipinski definition) is 3. The van der Waals surface area contributed by atoms with E-state index in [-0.39, 0.29) is 17.5 Å². The summed E-state index contributed by atoms with van der Waals surface area (Å²) in [6.07, 6.45) is 2.86. The van der Waals surface area contributed by atoms with Gasteiger partial charge in [0.15, 0.2) is 0 Å². The Kier molecular flexibility index (Phi) is 9.95. The summed E-state index contributed by atoms with van der Waals surface area (Å²) in [6, 6.07) is 3.96. The summed E-state index contributed by atoms with van der Waals surface area (Å²) >= 11 is 0.768. The standard InChI is InChI=1S/C19H29FN4O3S/c1-5-7-13-24(17(21)27-4,18(25)22-14(3)10-6-2)19(26)23-28-16-12-9-8-11-15(16)20/h8-9,11-12,14,21H,5-7,10,13H2,1-4H3,(H-,22,23,25,26)/p+1. The normalized spacial score (nSPS) is 13.9. The summed E-state index contributed by atoms with van der Waals surface area (Å²) in [6.45, 7) is 5.83. The number of urea groups is 2. The Morgan fingerprint density at radius 2 is 1.93 bits per heavy atom. The van der Waals surface area contributed by atoms with E-state index in [2.05, 4.69) is 10.0 Å². The molecule has 0 saturated carbocycles. The summed E-state index contributed by atoms with van der Waals surface area (Å²) < 4.78 is 20.4. The number of imide groups is 1. The van der Waals surface area contributed by atoms with E-state index >= 15 is 0 Å². The van der Waals surface area contributed by atoms with Crippen LogP contribution in [0, 0.1) is 11.2 Å². The van der Waals surface area contributed by atoms with E-state index in [9.17, 15) is 14.0 Å². The first kappa shape index (κ1) is 23.9. The first-order valence-electron chi connectivity index (χ1n) is 9.37. The van der Waals surface area contributed by atoms with Gasteiger partial charge in [-0.3, -0.25) is 0 Å². The van der Waals surface area contributed by atoms with E-state index in [1.165, 1.54) is 19.2 Å².